The molecule has 22 heavy (non-hydrogen) atoms. The first kappa shape index (κ1) is 14.1. The third kappa shape index (κ3) is 2.91. The summed E-state index contributed by atoms with van der Waals surface area (Å²) in [5.74, 6) is 1.21. The van der Waals surface area contributed by atoms with Crippen LogP contribution in [0.1, 0.15) is 0 Å². The van der Waals surface area contributed by atoms with Crippen LogP contribution in [0.5, 0.6) is 11.8 Å². The summed E-state index contributed by atoms with van der Waals surface area (Å²) in [6, 6.07) is 19.5. The molecule has 0 aliphatic carbocycles. The molecule has 0 aliphatic rings. The zero-order valence-electron chi connectivity index (χ0n) is 12.5. The van der Waals surface area contributed by atoms with E-state index >= 15 is 0 Å². The van der Waals surface area contributed by atoms with E-state index < -0.39 is 0 Å². The number of ether oxygens (including phenoxy) is 2. The van der Waals surface area contributed by atoms with Gasteiger partial charge in [-0.2, -0.15) is 0 Å². The van der Waals surface area contributed by atoms with Crippen molar-refractivity contribution < 1.29 is 9.47 Å². The summed E-state index contributed by atoms with van der Waals surface area (Å²) in [7, 11) is 3.23. The lowest BCUT2D eigenvalue weighted by molar-refractivity contribution is 0.398. The lowest BCUT2D eigenvalue weighted by Gasteiger charge is -2.06. The third-order valence-corrected chi connectivity index (χ3v) is 3.34. The fourth-order valence-electron chi connectivity index (χ4n) is 2.19. The smallest absolute Gasteiger partial charge is 0.213 e. The molecular weight excluding hydrogens is 276 g/mol. The van der Waals surface area contributed by atoms with Gasteiger partial charge < -0.3 is 9.47 Å². The lowest BCUT2D eigenvalue weighted by Crippen LogP contribution is -1.91. The van der Waals surface area contributed by atoms with E-state index in [0.717, 1.165) is 22.5 Å². The van der Waals surface area contributed by atoms with Crippen LogP contribution in [0, 0.1) is 0 Å². The summed E-state index contributed by atoms with van der Waals surface area (Å²) in [6.45, 7) is 0. The SMILES string of the molecule is COc1cccc(-c2ccc(-c3cccc(OC)n3)cc2)n1. The van der Waals surface area contributed by atoms with Gasteiger partial charge in [0.25, 0.3) is 0 Å². The molecule has 0 atom stereocenters. The van der Waals surface area contributed by atoms with Crippen LogP contribution >= 0.6 is 0 Å². The van der Waals surface area contributed by atoms with Gasteiger partial charge in [-0.05, 0) is 12.1 Å². The summed E-state index contributed by atoms with van der Waals surface area (Å²) in [4.78, 5) is 8.87. The fourth-order valence-corrected chi connectivity index (χ4v) is 2.19. The number of nitrogens with zero attached hydrogens (tertiary/aromatic N) is 2. The van der Waals surface area contributed by atoms with Crippen LogP contribution in [0.2, 0.25) is 0 Å². The van der Waals surface area contributed by atoms with Crippen LogP contribution in [-0.2, 0) is 0 Å². The van der Waals surface area contributed by atoms with Gasteiger partial charge in [0, 0.05) is 23.3 Å². The summed E-state index contributed by atoms with van der Waals surface area (Å²) < 4.78 is 10.3. The van der Waals surface area contributed by atoms with Crippen LogP contribution in [0.4, 0.5) is 0 Å². The molecule has 0 bridgehead atoms. The Kier molecular flexibility index (Phi) is 4.01. The number of aromatic nitrogens is 2. The highest BCUT2D eigenvalue weighted by Gasteiger charge is 2.04. The molecule has 1 aromatic carbocycles. The van der Waals surface area contributed by atoms with E-state index in [0.29, 0.717) is 11.8 Å². The highest BCUT2D eigenvalue weighted by Crippen LogP contribution is 2.24. The Balaban J connectivity index is 1.91. The molecule has 0 saturated carbocycles. The van der Waals surface area contributed by atoms with E-state index in [1.54, 1.807) is 14.2 Å². The molecule has 4 nitrogen and oxygen atoms in total. The molecule has 0 amide bonds. The van der Waals surface area contributed by atoms with E-state index in [2.05, 4.69) is 9.97 Å². The molecule has 0 fully saturated rings. The van der Waals surface area contributed by atoms with Crippen LogP contribution in [0.15, 0.2) is 60.7 Å². The van der Waals surface area contributed by atoms with Crippen molar-refractivity contribution in [2.75, 3.05) is 14.2 Å². The first-order chi connectivity index (χ1) is 10.8. The lowest BCUT2D eigenvalue weighted by atomic mass is 10.1. The second kappa shape index (κ2) is 6.26. The van der Waals surface area contributed by atoms with Crippen molar-refractivity contribution >= 4 is 0 Å². The maximum absolute atomic E-state index is 5.16. The fraction of sp³-hybridized carbons (Fsp3) is 0.111. The van der Waals surface area contributed by atoms with Crippen molar-refractivity contribution in [2.45, 2.75) is 0 Å². The van der Waals surface area contributed by atoms with Crippen molar-refractivity contribution in [1.82, 2.24) is 9.97 Å². The highest BCUT2D eigenvalue weighted by atomic mass is 16.5. The number of pyridine rings is 2. The highest BCUT2D eigenvalue weighted by molar-refractivity contribution is 5.67. The number of hydrogen-bond acceptors (Lipinski definition) is 4. The predicted octanol–water partition coefficient (Wildman–Crippen LogP) is 3.83. The Bertz CT molecular complexity index is 704. The summed E-state index contributed by atoms with van der Waals surface area (Å²) in [6.07, 6.45) is 0. The van der Waals surface area contributed by atoms with Crippen LogP contribution < -0.4 is 9.47 Å². The minimum atomic E-state index is 0.607. The molecule has 0 saturated heterocycles. The Labute approximate surface area is 129 Å². The average molecular weight is 292 g/mol. The normalized spacial score (nSPS) is 10.3. The van der Waals surface area contributed by atoms with Crippen molar-refractivity contribution in [1.29, 1.82) is 0 Å². The minimum Gasteiger partial charge on any atom is -0.481 e. The largest absolute Gasteiger partial charge is 0.481 e. The Morgan fingerprint density at radius 1 is 0.591 bits per heavy atom. The zero-order chi connectivity index (χ0) is 15.4. The van der Waals surface area contributed by atoms with Gasteiger partial charge in [0.1, 0.15) is 0 Å². The van der Waals surface area contributed by atoms with Gasteiger partial charge in [0.05, 0.1) is 25.6 Å². The monoisotopic (exact) mass is 292 g/mol. The first-order valence-corrected chi connectivity index (χ1v) is 6.93. The maximum Gasteiger partial charge on any atom is 0.213 e. The summed E-state index contributed by atoms with van der Waals surface area (Å²) in [5.41, 5.74) is 3.82. The van der Waals surface area contributed by atoms with Gasteiger partial charge in [-0.3, -0.25) is 0 Å². The number of hydrogen-bond donors (Lipinski definition) is 0. The van der Waals surface area contributed by atoms with E-state index in [1.807, 2.05) is 60.7 Å². The minimum absolute atomic E-state index is 0.607. The van der Waals surface area contributed by atoms with Crippen molar-refractivity contribution in [3.8, 4) is 34.3 Å². The maximum atomic E-state index is 5.16. The molecule has 2 heterocycles. The van der Waals surface area contributed by atoms with Gasteiger partial charge in [-0.15, -0.1) is 0 Å². The molecule has 0 radical (unpaired) electrons. The van der Waals surface area contributed by atoms with Crippen molar-refractivity contribution in [3.05, 3.63) is 60.7 Å². The zero-order valence-corrected chi connectivity index (χ0v) is 12.5. The Morgan fingerprint density at radius 3 is 1.36 bits per heavy atom. The quantitative estimate of drug-likeness (QED) is 0.733. The van der Waals surface area contributed by atoms with E-state index in [-0.39, 0.29) is 0 Å². The molecule has 110 valence electrons. The molecule has 0 aliphatic heterocycles. The Morgan fingerprint density at radius 2 is 1.00 bits per heavy atom. The molecule has 2 aromatic heterocycles. The second-order valence-electron chi connectivity index (χ2n) is 4.71. The van der Waals surface area contributed by atoms with Crippen LogP contribution in [-0.4, -0.2) is 24.2 Å². The van der Waals surface area contributed by atoms with Gasteiger partial charge in [-0.1, -0.05) is 36.4 Å². The van der Waals surface area contributed by atoms with E-state index in [4.69, 9.17) is 9.47 Å². The van der Waals surface area contributed by atoms with Crippen LogP contribution in [0.3, 0.4) is 0 Å². The molecule has 0 spiro atoms. The third-order valence-electron chi connectivity index (χ3n) is 3.34. The number of rotatable bonds is 4. The number of methoxy groups -OCH3 is 2. The molecule has 0 unspecified atom stereocenters. The summed E-state index contributed by atoms with van der Waals surface area (Å²) >= 11 is 0. The van der Waals surface area contributed by atoms with Gasteiger partial charge in [-0.25, -0.2) is 9.97 Å². The van der Waals surface area contributed by atoms with E-state index in [9.17, 15) is 0 Å². The number of benzene rings is 1. The molecule has 3 rings (SSSR count). The standard InChI is InChI=1S/C18H16N2O2/c1-21-17-7-3-5-15(19-17)13-9-11-14(12-10-13)16-6-4-8-18(20-16)22-2/h3-12H,1-2H3. The molecular formula is C18H16N2O2. The van der Waals surface area contributed by atoms with E-state index in [1.165, 1.54) is 0 Å². The second-order valence-corrected chi connectivity index (χ2v) is 4.71. The average Bonchev–Trinajstić information content (AvgIpc) is 2.62. The van der Waals surface area contributed by atoms with Gasteiger partial charge in [0.15, 0.2) is 0 Å². The topological polar surface area (TPSA) is 44.2 Å². The molecule has 0 N–H and O–H groups in total. The van der Waals surface area contributed by atoms with Gasteiger partial charge in [0.2, 0.25) is 11.8 Å². The predicted molar refractivity (Wildman–Crippen MR) is 86.0 cm³/mol. The molecule has 4 heteroatoms. The summed E-state index contributed by atoms with van der Waals surface area (Å²) in [5, 5.41) is 0. The molecule has 3 aromatic rings. The van der Waals surface area contributed by atoms with Crippen molar-refractivity contribution in [3.63, 3.8) is 0 Å². The Hall–Kier alpha value is -2.88. The first-order valence-electron chi connectivity index (χ1n) is 6.93. The van der Waals surface area contributed by atoms with Crippen LogP contribution in [0.25, 0.3) is 22.5 Å². The van der Waals surface area contributed by atoms with Crippen molar-refractivity contribution in [2.24, 2.45) is 0 Å². The van der Waals surface area contributed by atoms with Gasteiger partial charge >= 0.3 is 0 Å².